The van der Waals surface area contributed by atoms with Crippen molar-refractivity contribution in [2.24, 2.45) is 11.7 Å². The molecular formula is C13H25N3O. The van der Waals surface area contributed by atoms with Crippen molar-refractivity contribution < 1.29 is 4.79 Å². The van der Waals surface area contributed by atoms with Gasteiger partial charge >= 0.3 is 0 Å². The topological polar surface area (TPSA) is 49.6 Å². The lowest BCUT2D eigenvalue weighted by Gasteiger charge is -2.40. The molecule has 0 aromatic carbocycles. The zero-order chi connectivity index (χ0) is 12.3. The molecule has 0 aliphatic carbocycles. The van der Waals surface area contributed by atoms with Crippen LogP contribution in [-0.4, -0.2) is 54.5 Å². The third-order valence-electron chi connectivity index (χ3n) is 4.34. The highest BCUT2D eigenvalue weighted by Crippen LogP contribution is 2.25. The van der Waals surface area contributed by atoms with E-state index in [1.54, 1.807) is 0 Å². The highest BCUT2D eigenvalue weighted by atomic mass is 16.2. The van der Waals surface area contributed by atoms with Crippen molar-refractivity contribution in [3.63, 3.8) is 0 Å². The number of rotatable bonds is 4. The van der Waals surface area contributed by atoms with E-state index in [0.717, 1.165) is 25.6 Å². The first-order valence-corrected chi connectivity index (χ1v) is 6.96. The number of nitrogens with zero attached hydrogens (tertiary/aromatic N) is 2. The van der Waals surface area contributed by atoms with Gasteiger partial charge in [-0.25, -0.2) is 0 Å². The Bertz CT molecular complexity index is 265. The summed E-state index contributed by atoms with van der Waals surface area (Å²) in [6.07, 6.45) is 4.80. The molecule has 0 spiro atoms. The maximum atomic E-state index is 11.9. The van der Waals surface area contributed by atoms with Gasteiger partial charge < -0.3 is 10.6 Å². The third-order valence-corrected chi connectivity index (χ3v) is 4.34. The molecular weight excluding hydrogens is 214 g/mol. The van der Waals surface area contributed by atoms with Crippen molar-refractivity contribution in [2.45, 2.75) is 38.6 Å². The maximum Gasteiger partial charge on any atom is 0.236 e. The first-order chi connectivity index (χ1) is 8.24. The lowest BCUT2D eigenvalue weighted by Crippen LogP contribution is -2.53. The Balaban J connectivity index is 1.84. The Morgan fingerprint density at radius 3 is 2.65 bits per heavy atom. The minimum absolute atomic E-state index is 0.296. The first kappa shape index (κ1) is 12.8. The smallest absolute Gasteiger partial charge is 0.236 e. The van der Waals surface area contributed by atoms with Gasteiger partial charge in [0.1, 0.15) is 0 Å². The van der Waals surface area contributed by atoms with E-state index in [9.17, 15) is 4.79 Å². The molecule has 0 radical (unpaired) electrons. The van der Waals surface area contributed by atoms with Crippen LogP contribution in [0.4, 0.5) is 0 Å². The zero-order valence-electron chi connectivity index (χ0n) is 10.9. The van der Waals surface area contributed by atoms with E-state index in [0.29, 0.717) is 25.0 Å². The molecule has 2 unspecified atom stereocenters. The summed E-state index contributed by atoms with van der Waals surface area (Å²) in [7, 11) is 0. The number of hydrogen-bond donors (Lipinski definition) is 1. The molecule has 2 fully saturated rings. The van der Waals surface area contributed by atoms with Crippen molar-refractivity contribution in [3.05, 3.63) is 0 Å². The molecule has 0 saturated carbocycles. The number of hydrogen-bond acceptors (Lipinski definition) is 3. The number of likely N-dealkylation sites (tertiary alicyclic amines) is 2. The first-order valence-electron chi connectivity index (χ1n) is 6.96. The number of carbonyl (C=O) groups is 1. The van der Waals surface area contributed by atoms with Crippen LogP contribution in [0.5, 0.6) is 0 Å². The predicted molar refractivity (Wildman–Crippen MR) is 68.6 cm³/mol. The summed E-state index contributed by atoms with van der Waals surface area (Å²) in [6.45, 7) is 6.47. The van der Waals surface area contributed by atoms with E-state index in [-0.39, 0.29) is 0 Å². The van der Waals surface area contributed by atoms with E-state index >= 15 is 0 Å². The monoisotopic (exact) mass is 239 g/mol. The minimum atomic E-state index is 0.296. The number of amides is 1. The van der Waals surface area contributed by atoms with E-state index in [2.05, 4.69) is 11.8 Å². The van der Waals surface area contributed by atoms with Gasteiger partial charge in [0.25, 0.3) is 0 Å². The lowest BCUT2D eigenvalue weighted by molar-refractivity contribution is -0.137. The van der Waals surface area contributed by atoms with Gasteiger partial charge in [-0.2, -0.15) is 0 Å². The molecule has 98 valence electrons. The molecule has 2 aliphatic rings. The third kappa shape index (κ3) is 2.99. The van der Waals surface area contributed by atoms with Gasteiger partial charge in [-0.05, 0) is 31.7 Å². The Kier molecular flexibility index (Phi) is 4.40. The van der Waals surface area contributed by atoms with Gasteiger partial charge in [0.15, 0.2) is 0 Å². The predicted octanol–water partition coefficient (Wildman–Crippen LogP) is 0.668. The number of piperidine rings is 1. The molecule has 1 amide bonds. The number of carbonyl (C=O) groups excluding carboxylic acids is 1. The Labute approximate surface area is 104 Å². The molecule has 2 atom stereocenters. The molecule has 0 aromatic rings. The van der Waals surface area contributed by atoms with E-state index in [1.807, 2.05) is 4.90 Å². The summed E-state index contributed by atoms with van der Waals surface area (Å²) in [6, 6.07) is 0.416. The van der Waals surface area contributed by atoms with Crippen molar-refractivity contribution in [1.82, 2.24) is 9.80 Å². The zero-order valence-corrected chi connectivity index (χ0v) is 10.9. The van der Waals surface area contributed by atoms with Gasteiger partial charge in [-0.15, -0.1) is 0 Å². The molecule has 17 heavy (non-hydrogen) atoms. The van der Waals surface area contributed by atoms with Crippen LogP contribution < -0.4 is 5.73 Å². The summed E-state index contributed by atoms with van der Waals surface area (Å²) in [5, 5.41) is 0. The summed E-state index contributed by atoms with van der Waals surface area (Å²) in [5.41, 5.74) is 5.84. The summed E-state index contributed by atoms with van der Waals surface area (Å²) < 4.78 is 0. The molecule has 2 aliphatic heterocycles. The fraction of sp³-hybridized carbons (Fsp3) is 0.923. The molecule has 2 N–H and O–H groups in total. The van der Waals surface area contributed by atoms with Crippen molar-refractivity contribution >= 4 is 5.91 Å². The van der Waals surface area contributed by atoms with Crippen LogP contribution >= 0.6 is 0 Å². The van der Waals surface area contributed by atoms with Crippen LogP contribution in [0.1, 0.15) is 32.6 Å². The van der Waals surface area contributed by atoms with Crippen LogP contribution in [0.25, 0.3) is 0 Å². The quantitative estimate of drug-likeness (QED) is 0.784. The number of nitrogens with two attached hydrogens (primary N) is 1. The Morgan fingerprint density at radius 1 is 1.35 bits per heavy atom. The van der Waals surface area contributed by atoms with E-state index in [1.165, 1.54) is 25.7 Å². The standard InChI is InChI=1S/C13H25N3O/c1-2-11-4-7-16(12(8-11)9-14)10-13(17)15-5-3-6-15/h11-12H,2-10,14H2,1H3. The molecule has 4 heteroatoms. The molecule has 2 rings (SSSR count). The SMILES string of the molecule is CCC1CCN(CC(=O)N2CCC2)C(CN)C1. The second-order valence-electron chi connectivity index (χ2n) is 5.39. The molecule has 0 aromatic heterocycles. The molecule has 2 heterocycles. The van der Waals surface area contributed by atoms with Crippen LogP contribution in [-0.2, 0) is 4.79 Å². The molecule has 4 nitrogen and oxygen atoms in total. The van der Waals surface area contributed by atoms with Crippen LogP contribution in [0.15, 0.2) is 0 Å². The van der Waals surface area contributed by atoms with Gasteiger partial charge in [0.05, 0.1) is 6.54 Å². The second kappa shape index (κ2) is 5.83. The minimum Gasteiger partial charge on any atom is -0.341 e. The van der Waals surface area contributed by atoms with Crippen molar-refractivity contribution in [3.8, 4) is 0 Å². The van der Waals surface area contributed by atoms with Crippen molar-refractivity contribution in [2.75, 3.05) is 32.7 Å². The van der Waals surface area contributed by atoms with E-state index in [4.69, 9.17) is 5.73 Å². The highest BCUT2D eigenvalue weighted by molar-refractivity contribution is 5.79. The normalized spacial score (nSPS) is 30.1. The van der Waals surface area contributed by atoms with E-state index < -0.39 is 0 Å². The lowest BCUT2D eigenvalue weighted by atomic mass is 9.89. The van der Waals surface area contributed by atoms with Gasteiger partial charge in [0.2, 0.25) is 5.91 Å². The van der Waals surface area contributed by atoms with Gasteiger partial charge in [-0.1, -0.05) is 13.3 Å². The van der Waals surface area contributed by atoms with Crippen LogP contribution in [0.2, 0.25) is 0 Å². The summed E-state index contributed by atoms with van der Waals surface area (Å²) in [5.74, 6) is 1.10. The summed E-state index contributed by atoms with van der Waals surface area (Å²) in [4.78, 5) is 16.2. The summed E-state index contributed by atoms with van der Waals surface area (Å²) >= 11 is 0. The maximum absolute atomic E-state index is 11.9. The largest absolute Gasteiger partial charge is 0.341 e. The highest BCUT2D eigenvalue weighted by Gasteiger charge is 2.30. The van der Waals surface area contributed by atoms with Gasteiger partial charge in [-0.3, -0.25) is 9.69 Å². The Morgan fingerprint density at radius 2 is 2.12 bits per heavy atom. The fourth-order valence-corrected chi connectivity index (χ4v) is 2.85. The molecule has 0 bridgehead atoms. The van der Waals surface area contributed by atoms with Crippen LogP contribution in [0, 0.1) is 5.92 Å². The van der Waals surface area contributed by atoms with Crippen LogP contribution in [0.3, 0.4) is 0 Å². The van der Waals surface area contributed by atoms with Crippen molar-refractivity contribution in [1.29, 1.82) is 0 Å². The molecule has 2 saturated heterocycles. The van der Waals surface area contributed by atoms with Gasteiger partial charge in [0, 0.05) is 25.7 Å². The fourth-order valence-electron chi connectivity index (χ4n) is 2.85. The Hall–Kier alpha value is -0.610. The average molecular weight is 239 g/mol. The second-order valence-corrected chi connectivity index (χ2v) is 5.39. The average Bonchev–Trinajstić information content (AvgIpc) is 2.27.